The Morgan fingerprint density at radius 2 is 2.06 bits per heavy atom. The third-order valence-corrected chi connectivity index (χ3v) is 2.97. The van der Waals surface area contributed by atoms with Gasteiger partial charge >= 0.3 is 0 Å². The highest BCUT2D eigenvalue weighted by Gasteiger charge is 2.11. The maximum atomic E-state index is 6.03. The molecule has 0 atom stereocenters. The summed E-state index contributed by atoms with van der Waals surface area (Å²) in [4.78, 5) is 4.45. The van der Waals surface area contributed by atoms with Crippen LogP contribution in [0.1, 0.15) is 5.56 Å². The second-order valence-corrected chi connectivity index (χ2v) is 4.03. The summed E-state index contributed by atoms with van der Waals surface area (Å²) < 4.78 is 0. The van der Waals surface area contributed by atoms with E-state index in [0.29, 0.717) is 0 Å². The van der Waals surface area contributed by atoms with E-state index in [1.807, 2.05) is 30.6 Å². The molecule has 0 saturated carbocycles. The number of aromatic nitrogens is 1. The standard InChI is InChI=1S/C14H13N3/c15-13-6-8-16-9-12(13)11-5-1-3-10-4-2-7-17-14(10)11/h1-8,16H,9,15H2. The molecule has 0 amide bonds. The quantitative estimate of drug-likeness (QED) is 0.777. The summed E-state index contributed by atoms with van der Waals surface area (Å²) in [6.07, 6.45) is 5.58. The Morgan fingerprint density at radius 3 is 2.94 bits per heavy atom. The van der Waals surface area contributed by atoms with Crippen molar-refractivity contribution in [3.05, 3.63) is 60.1 Å². The van der Waals surface area contributed by atoms with Crippen LogP contribution >= 0.6 is 0 Å². The molecule has 0 saturated heterocycles. The first kappa shape index (κ1) is 9.90. The molecule has 3 nitrogen and oxygen atoms in total. The number of fused-ring (bicyclic) bond motifs is 1. The smallest absolute Gasteiger partial charge is 0.0778 e. The van der Waals surface area contributed by atoms with E-state index < -0.39 is 0 Å². The third-order valence-electron chi connectivity index (χ3n) is 2.97. The van der Waals surface area contributed by atoms with Crippen molar-refractivity contribution in [1.29, 1.82) is 0 Å². The zero-order chi connectivity index (χ0) is 11.7. The molecule has 3 heteroatoms. The third kappa shape index (κ3) is 1.65. The van der Waals surface area contributed by atoms with Crippen molar-refractivity contribution in [2.45, 2.75) is 0 Å². The topological polar surface area (TPSA) is 50.9 Å². The molecule has 0 bridgehead atoms. The minimum Gasteiger partial charge on any atom is -0.398 e. The predicted octanol–water partition coefficient (Wildman–Crippen LogP) is 2.02. The highest BCUT2D eigenvalue weighted by Crippen LogP contribution is 2.25. The highest BCUT2D eigenvalue weighted by molar-refractivity contribution is 5.92. The van der Waals surface area contributed by atoms with Crippen molar-refractivity contribution in [3.63, 3.8) is 0 Å². The Kier molecular flexibility index (Phi) is 2.29. The minimum atomic E-state index is 0.748. The molecule has 0 spiro atoms. The van der Waals surface area contributed by atoms with Gasteiger partial charge in [-0.1, -0.05) is 24.3 Å². The fourth-order valence-electron chi connectivity index (χ4n) is 2.11. The van der Waals surface area contributed by atoms with E-state index in [2.05, 4.69) is 28.5 Å². The van der Waals surface area contributed by atoms with E-state index in [-0.39, 0.29) is 0 Å². The maximum absolute atomic E-state index is 6.03. The van der Waals surface area contributed by atoms with E-state index >= 15 is 0 Å². The van der Waals surface area contributed by atoms with E-state index in [4.69, 9.17) is 5.73 Å². The van der Waals surface area contributed by atoms with E-state index in [1.54, 1.807) is 0 Å². The van der Waals surface area contributed by atoms with Crippen molar-refractivity contribution in [3.8, 4) is 0 Å². The predicted molar refractivity (Wildman–Crippen MR) is 70.0 cm³/mol. The second kappa shape index (κ2) is 3.94. The number of nitrogens with two attached hydrogens (primary N) is 1. The van der Waals surface area contributed by atoms with Gasteiger partial charge < -0.3 is 11.1 Å². The van der Waals surface area contributed by atoms with Crippen LogP contribution in [0.4, 0.5) is 0 Å². The number of nitrogens with zero attached hydrogens (tertiary/aromatic N) is 1. The molecule has 0 radical (unpaired) electrons. The van der Waals surface area contributed by atoms with Crippen LogP contribution in [0.5, 0.6) is 0 Å². The number of hydrogen-bond donors (Lipinski definition) is 2. The van der Waals surface area contributed by atoms with E-state index in [0.717, 1.165) is 34.3 Å². The van der Waals surface area contributed by atoms with Gasteiger partial charge in [-0.2, -0.15) is 0 Å². The van der Waals surface area contributed by atoms with Crippen molar-refractivity contribution in [2.75, 3.05) is 6.54 Å². The molecule has 84 valence electrons. The zero-order valence-electron chi connectivity index (χ0n) is 9.35. The van der Waals surface area contributed by atoms with E-state index in [9.17, 15) is 0 Å². The zero-order valence-corrected chi connectivity index (χ0v) is 9.35. The van der Waals surface area contributed by atoms with Gasteiger partial charge in [0, 0.05) is 35.0 Å². The summed E-state index contributed by atoms with van der Waals surface area (Å²) in [5, 5.41) is 4.32. The lowest BCUT2D eigenvalue weighted by molar-refractivity contribution is 0.970. The number of para-hydroxylation sites is 1. The van der Waals surface area contributed by atoms with Crippen LogP contribution in [0.15, 0.2) is 54.5 Å². The second-order valence-electron chi connectivity index (χ2n) is 4.03. The Balaban J connectivity index is 2.27. The summed E-state index contributed by atoms with van der Waals surface area (Å²) >= 11 is 0. The first-order chi connectivity index (χ1) is 8.36. The van der Waals surface area contributed by atoms with Crippen molar-refractivity contribution in [1.82, 2.24) is 10.3 Å². The van der Waals surface area contributed by atoms with Gasteiger partial charge in [0.15, 0.2) is 0 Å². The average Bonchev–Trinajstić information content (AvgIpc) is 2.39. The van der Waals surface area contributed by atoms with E-state index in [1.165, 1.54) is 0 Å². The van der Waals surface area contributed by atoms with Crippen LogP contribution in [0.3, 0.4) is 0 Å². The fourth-order valence-corrected chi connectivity index (χ4v) is 2.11. The Labute approximate surface area is 99.7 Å². The molecule has 0 unspecified atom stereocenters. The average molecular weight is 223 g/mol. The lowest BCUT2D eigenvalue weighted by Crippen LogP contribution is -2.18. The van der Waals surface area contributed by atoms with Gasteiger partial charge in [0.25, 0.3) is 0 Å². The monoisotopic (exact) mass is 223 g/mol. The van der Waals surface area contributed by atoms with Crippen LogP contribution in [-0.2, 0) is 0 Å². The first-order valence-corrected chi connectivity index (χ1v) is 5.59. The van der Waals surface area contributed by atoms with Crippen LogP contribution < -0.4 is 11.1 Å². The summed E-state index contributed by atoms with van der Waals surface area (Å²) in [5.74, 6) is 0. The number of dihydropyridines is 1. The van der Waals surface area contributed by atoms with Crippen LogP contribution in [0.2, 0.25) is 0 Å². The normalized spacial score (nSPS) is 15.1. The van der Waals surface area contributed by atoms with Gasteiger partial charge in [0.1, 0.15) is 0 Å². The number of benzene rings is 1. The molecule has 1 aliphatic heterocycles. The number of pyridine rings is 1. The van der Waals surface area contributed by atoms with Crippen molar-refractivity contribution >= 4 is 16.5 Å². The van der Waals surface area contributed by atoms with Gasteiger partial charge in [-0.15, -0.1) is 0 Å². The van der Waals surface area contributed by atoms with Gasteiger partial charge in [0.05, 0.1) is 5.52 Å². The molecule has 2 aromatic rings. The molecule has 0 aliphatic carbocycles. The van der Waals surface area contributed by atoms with Crippen molar-refractivity contribution in [2.24, 2.45) is 5.73 Å². The van der Waals surface area contributed by atoms with Gasteiger partial charge in [-0.3, -0.25) is 4.98 Å². The Bertz CT molecular complexity index is 621. The molecule has 1 aliphatic rings. The van der Waals surface area contributed by atoms with Gasteiger partial charge in [-0.05, 0) is 18.3 Å². The number of rotatable bonds is 1. The molecule has 2 heterocycles. The molecule has 1 aromatic heterocycles. The van der Waals surface area contributed by atoms with Crippen LogP contribution in [0, 0.1) is 0 Å². The summed E-state index contributed by atoms with van der Waals surface area (Å²) in [7, 11) is 0. The maximum Gasteiger partial charge on any atom is 0.0778 e. The lowest BCUT2D eigenvalue weighted by atomic mass is 9.99. The number of allylic oxidation sites excluding steroid dienone is 1. The minimum absolute atomic E-state index is 0.748. The largest absolute Gasteiger partial charge is 0.398 e. The molecular weight excluding hydrogens is 210 g/mol. The molecule has 0 fully saturated rings. The number of hydrogen-bond acceptors (Lipinski definition) is 3. The Hall–Kier alpha value is -2.29. The highest BCUT2D eigenvalue weighted by atomic mass is 14.8. The van der Waals surface area contributed by atoms with Crippen LogP contribution in [0.25, 0.3) is 16.5 Å². The molecule has 3 rings (SSSR count). The number of nitrogens with one attached hydrogen (secondary N) is 1. The fraction of sp³-hybridized carbons (Fsp3) is 0.0714. The van der Waals surface area contributed by atoms with Gasteiger partial charge in [0.2, 0.25) is 0 Å². The van der Waals surface area contributed by atoms with Crippen LogP contribution in [-0.4, -0.2) is 11.5 Å². The van der Waals surface area contributed by atoms with Gasteiger partial charge in [-0.25, -0.2) is 0 Å². The summed E-state index contributed by atoms with van der Waals surface area (Å²) in [5.41, 5.74) is 10.1. The Morgan fingerprint density at radius 1 is 1.18 bits per heavy atom. The molecular formula is C14H13N3. The summed E-state index contributed by atoms with van der Waals surface area (Å²) in [6.45, 7) is 0.748. The van der Waals surface area contributed by atoms with Crippen molar-refractivity contribution < 1.29 is 0 Å². The SMILES string of the molecule is NC1=C(c2cccc3cccnc23)CNC=C1. The first-order valence-electron chi connectivity index (χ1n) is 5.59. The lowest BCUT2D eigenvalue weighted by Gasteiger charge is -2.16. The molecule has 17 heavy (non-hydrogen) atoms. The summed E-state index contributed by atoms with van der Waals surface area (Å²) in [6, 6.07) is 10.2. The molecule has 3 N–H and O–H groups in total. The molecule has 1 aromatic carbocycles.